The van der Waals surface area contributed by atoms with E-state index in [2.05, 4.69) is 49.0 Å². The average molecular weight is 609 g/mol. The first kappa shape index (κ1) is 25.8. The number of hydrazone groups is 1. The minimum Gasteiger partial charge on any atom is -0.493 e. The second-order valence-electron chi connectivity index (χ2n) is 6.89. The van der Waals surface area contributed by atoms with Crippen LogP contribution < -0.4 is 19.6 Å². The van der Waals surface area contributed by atoms with E-state index in [-0.39, 0.29) is 0 Å². The first-order valence-corrected chi connectivity index (χ1v) is 12.0. The van der Waals surface area contributed by atoms with Gasteiger partial charge in [-0.3, -0.25) is 4.79 Å². The summed E-state index contributed by atoms with van der Waals surface area (Å²) < 4.78 is 18.4. The second kappa shape index (κ2) is 12.6. The highest BCUT2D eigenvalue weighted by Crippen LogP contribution is 2.33. The minimum absolute atomic E-state index is 0.314. The maximum absolute atomic E-state index is 12.6. The minimum atomic E-state index is -0.403. The normalized spacial score (nSPS) is 10.7. The van der Waals surface area contributed by atoms with Crippen molar-refractivity contribution in [3.8, 4) is 17.2 Å². The number of methoxy groups -OCH3 is 1. The monoisotopic (exact) mass is 606 g/mol. The summed E-state index contributed by atoms with van der Waals surface area (Å²) in [5.41, 5.74) is 4.48. The number of carbonyl (C=O) groups excluding carboxylic acids is 1. The molecule has 0 aromatic heterocycles. The third-order valence-corrected chi connectivity index (χ3v) is 5.74. The molecule has 176 valence electrons. The zero-order valence-electron chi connectivity index (χ0n) is 18.2. The molecular formula is C25H21Br2ClN2O4. The molecule has 0 fully saturated rings. The lowest BCUT2D eigenvalue weighted by molar-refractivity contribution is 0.0954. The number of halogens is 3. The Morgan fingerprint density at radius 1 is 1.12 bits per heavy atom. The molecule has 1 N–H and O–H groups in total. The van der Waals surface area contributed by atoms with E-state index in [1.807, 2.05) is 30.3 Å². The number of nitrogens with zero attached hydrogens (tertiary/aromatic N) is 1. The highest BCUT2D eigenvalue weighted by molar-refractivity contribution is 9.11. The third kappa shape index (κ3) is 7.09. The van der Waals surface area contributed by atoms with Crippen LogP contribution in [0.3, 0.4) is 0 Å². The number of benzene rings is 3. The highest BCUT2D eigenvalue weighted by atomic mass is 79.9. The lowest BCUT2D eigenvalue weighted by Crippen LogP contribution is -2.17. The topological polar surface area (TPSA) is 69.2 Å². The fourth-order valence-corrected chi connectivity index (χ4v) is 4.50. The van der Waals surface area contributed by atoms with Crippen LogP contribution in [-0.2, 0) is 6.61 Å². The van der Waals surface area contributed by atoms with Crippen LogP contribution >= 0.6 is 43.5 Å². The van der Waals surface area contributed by atoms with Crippen molar-refractivity contribution < 1.29 is 19.0 Å². The van der Waals surface area contributed by atoms with Gasteiger partial charge in [0, 0.05) is 20.6 Å². The van der Waals surface area contributed by atoms with Gasteiger partial charge in [0.25, 0.3) is 5.91 Å². The van der Waals surface area contributed by atoms with Gasteiger partial charge in [0.1, 0.15) is 19.0 Å². The summed E-state index contributed by atoms with van der Waals surface area (Å²) in [7, 11) is 1.51. The first-order chi connectivity index (χ1) is 16.4. The summed E-state index contributed by atoms with van der Waals surface area (Å²) >= 11 is 13.0. The molecule has 0 bridgehead atoms. The summed E-state index contributed by atoms with van der Waals surface area (Å²) in [6.45, 7) is 4.26. The van der Waals surface area contributed by atoms with Gasteiger partial charge in [0.2, 0.25) is 0 Å². The smallest absolute Gasteiger partial charge is 0.271 e. The third-order valence-electron chi connectivity index (χ3n) is 4.46. The van der Waals surface area contributed by atoms with E-state index >= 15 is 0 Å². The van der Waals surface area contributed by atoms with Crippen LogP contribution in [0.4, 0.5) is 0 Å². The quantitative estimate of drug-likeness (QED) is 0.157. The van der Waals surface area contributed by atoms with E-state index in [1.165, 1.54) is 13.3 Å². The number of carbonyl (C=O) groups is 1. The van der Waals surface area contributed by atoms with Gasteiger partial charge < -0.3 is 14.2 Å². The molecule has 0 spiro atoms. The van der Waals surface area contributed by atoms with Crippen LogP contribution in [0, 0.1) is 0 Å². The van der Waals surface area contributed by atoms with E-state index in [0.717, 1.165) is 14.5 Å². The largest absolute Gasteiger partial charge is 0.493 e. The SMILES string of the molecule is C=CCOc1ccc(C(=O)N/N=C/c2cc(Br)cc(Br)c2OCc2cccc(Cl)c2)cc1OC. The maximum atomic E-state index is 12.6. The van der Waals surface area contributed by atoms with E-state index in [1.54, 1.807) is 30.3 Å². The molecule has 3 aromatic carbocycles. The number of ether oxygens (including phenoxy) is 3. The molecule has 0 heterocycles. The predicted molar refractivity (Wildman–Crippen MR) is 141 cm³/mol. The van der Waals surface area contributed by atoms with Crippen LogP contribution in [0.15, 0.2) is 81.3 Å². The Kier molecular flexibility index (Phi) is 9.56. The van der Waals surface area contributed by atoms with E-state index in [0.29, 0.717) is 46.6 Å². The zero-order valence-corrected chi connectivity index (χ0v) is 22.1. The number of amides is 1. The predicted octanol–water partition coefficient (Wildman–Crippen LogP) is 6.78. The van der Waals surface area contributed by atoms with Crippen molar-refractivity contribution >= 4 is 55.6 Å². The van der Waals surface area contributed by atoms with Crippen molar-refractivity contribution in [1.82, 2.24) is 5.43 Å². The summed E-state index contributed by atoms with van der Waals surface area (Å²) in [4.78, 5) is 12.6. The first-order valence-electron chi connectivity index (χ1n) is 10.0. The maximum Gasteiger partial charge on any atom is 0.271 e. The molecule has 1 amide bonds. The molecule has 0 unspecified atom stereocenters. The standard InChI is InChI=1S/C25H21Br2ClN2O4/c1-3-9-33-22-8-7-17(12-23(22)32-2)25(31)30-29-14-18-11-19(26)13-21(27)24(18)34-15-16-5-4-6-20(28)10-16/h3-8,10-14H,1,9,15H2,2H3,(H,30,31)/b29-14+. The molecule has 9 heteroatoms. The Bertz CT molecular complexity index is 1220. The second-order valence-corrected chi connectivity index (χ2v) is 9.10. The van der Waals surface area contributed by atoms with Crippen LogP contribution in [0.1, 0.15) is 21.5 Å². The fraction of sp³-hybridized carbons (Fsp3) is 0.120. The molecule has 0 aliphatic carbocycles. The van der Waals surface area contributed by atoms with Gasteiger partial charge in [-0.25, -0.2) is 5.43 Å². The van der Waals surface area contributed by atoms with Crippen molar-refractivity contribution in [3.05, 3.63) is 97.9 Å². The Morgan fingerprint density at radius 3 is 2.68 bits per heavy atom. The van der Waals surface area contributed by atoms with Gasteiger partial charge in [-0.15, -0.1) is 0 Å². The number of hydrogen-bond acceptors (Lipinski definition) is 5. The Labute approximate surface area is 219 Å². The summed E-state index contributed by atoms with van der Waals surface area (Å²) in [6, 6.07) is 16.0. The summed E-state index contributed by atoms with van der Waals surface area (Å²) in [6.07, 6.45) is 3.14. The molecule has 0 atom stereocenters. The van der Waals surface area contributed by atoms with Gasteiger partial charge in [0.05, 0.1) is 17.8 Å². The molecule has 34 heavy (non-hydrogen) atoms. The molecule has 3 rings (SSSR count). The molecule has 6 nitrogen and oxygen atoms in total. The highest BCUT2D eigenvalue weighted by Gasteiger charge is 2.12. The van der Waals surface area contributed by atoms with Crippen LogP contribution in [0.2, 0.25) is 5.02 Å². The van der Waals surface area contributed by atoms with Gasteiger partial charge >= 0.3 is 0 Å². The van der Waals surface area contributed by atoms with E-state index in [9.17, 15) is 4.79 Å². The molecule has 0 saturated carbocycles. The fourth-order valence-electron chi connectivity index (χ4n) is 2.91. The molecule has 0 aliphatic heterocycles. The van der Waals surface area contributed by atoms with Crippen molar-refractivity contribution in [1.29, 1.82) is 0 Å². The lowest BCUT2D eigenvalue weighted by atomic mass is 10.2. The van der Waals surface area contributed by atoms with Crippen molar-refractivity contribution in [2.24, 2.45) is 5.10 Å². The average Bonchev–Trinajstić information content (AvgIpc) is 2.82. The van der Waals surface area contributed by atoms with Crippen LogP contribution in [0.5, 0.6) is 17.2 Å². The van der Waals surface area contributed by atoms with Gasteiger partial charge in [-0.1, -0.05) is 52.3 Å². The Balaban J connectivity index is 1.73. The van der Waals surface area contributed by atoms with Crippen LogP contribution in [0.25, 0.3) is 0 Å². The van der Waals surface area contributed by atoms with Gasteiger partial charge in [-0.05, 0) is 64.0 Å². The van der Waals surface area contributed by atoms with Gasteiger partial charge in [-0.2, -0.15) is 5.10 Å². The summed E-state index contributed by atoms with van der Waals surface area (Å²) in [5, 5.41) is 4.74. The van der Waals surface area contributed by atoms with E-state index < -0.39 is 5.91 Å². The van der Waals surface area contributed by atoms with Crippen molar-refractivity contribution in [2.75, 3.05) is 13.7 Å². The zero-order chi connectivity index (χ0) is 24.5. The molecule has 0 saturated heterocycles. The van der Waals surface area contributed by atoms with Gasteiger partial charge in [0.15, 0.2) is 11.5 Å². The van der Waals surface area contributed by atoms with Crippen LogP contribution in [-0.4, -0.2) is 25.8 Å². The molecule has 3 aromatic rings. The summed E-state index contributed by atoms with van der Waals surface area (Å²) in [5.74, 6) is 1.13. The molecule has 0 radical (unpaired) electrons. The van der Waals surface area contributed by atoms with E-state index in [4.69, 9.17) is 25.8 Å². The number of rotatable bonds is 10. The lowest BCUT2D eigenvalue weighted by Gasteiger charge is -2.12. The number of hydrogen-bond donors (Lipinski definition) is 1. The Hall–Kier alpha value is -2.81. The van der Waals surface area contributed by atoms with Crippen molar-refractivity contribution in [3.63, 3.8) is 0 Å². The molecular weight excluding hydrogens is 588 g/mol. The van der Waals surface area contributed by atoms with Crippen molar-refractivity contribution in [2.45, 2.75) is 6.61 Å². The number of nitrogens with one attached hydrogen (secondary N) is 1. The molecule has 0 aliphatic rings. The Morgan fingerprint density at radius 2 is 1.94 bits per heavy atom.